The second kappa shape index (κ2) is 14.0. The van der Waals surface area contributed by atoms with Crippen LogP contribution in [0.5, 0.6) is 0 Å². The standard InChI is InChI=1S/C31H36ClN5O3/c1-22(23-7-3-2-4-8-23)21-34-29(38)26-12-11-24(13-16-36-14-6-15-37(18-17-36)31(33)40)28(20-26)35-30(39)25-9-5-10-27(32)19-25/h2-5,7-12,19-20,22H,6,13-18,21H2,1H3,(H2,33,40)(H,34,38)(H,35,39). The topological polar surface area (TPSA) is 108 Å². The van der Waals surface area contributed by atoms with Gasteiger partial charge in [-0.3, -0.25) is 9.59 Å². The first-order valence-electron chi connectivity index (χ1n) is 13.6. The molecule has 1 unspecified atom stereocenters. The minimum absolute atomic E-state index is 0.158. The molecule has 1 aliphatic rings. The summed E-state index contributed by atoms with van der Waals surface area (Å²) >= 11 is 6.10. The van der Waals surface area contributed by atoms with Crippen LogP contribution in [0.25, 0.3) is 0 Å². The first-order chi connectivity index (χ1) is 19.3. The van der Waals surface area contributed by atoms with E-state index >= 15 is 0 Å². The molecule has 3 aromatic rings. The van der Waals surface area contributed by atoms with Crippen LogP contribution in [0.1, 0.15) is 51.1 Å². The normalized spacial score (nSPS) is 14.7. The van der Waals surface area contributed by atoms with Crippen LogP contribution in [0.15, 0.2) is 72.8 Å². The number of halogens is 1. The second-order valence-electron chi connectivity index (χ2n) is 10.1. The first kappa shape index (κ1) is 29.1. The molecule has 1 heterocycles. The zero-order valence-corrected chi connectivity index (χ0v) is 23.5. The van der Waals surface area contributed by atoms with Crippen LogP contribution in [0, 0.1) is 0 Å². The van der Waals surface area contributed by atoms with Crippen molar-refractivity contribution in [3.05, 3.63) is 100 Å². The molecule has 0 spiro atoms. The van der Waals surface area contributed by atoms with Crippen LogP contribution in [0.2, 0.25) is 5.02 Å². The van der Waals surface area contributed by atoms with Crippen molar-refractivity contribution in [1.82, 2.24) is 15.1 Å². The van der Waals surface area contributed by atoms with Crippen LogP contribution >= 0.6 is 11.6 Å². The highest BCUT2D eigenvalue weighted by molar-refractivity contribution is 6.31. The average molecular weight is 562 g/mol. The number of nitrogens with one attached hydrogen (secondary N) is 2. The number of primary amides is 1. The Balaban J connectivity index is 1.48. The van der Waals surface area contributed by atoms with Gasteiger partial charge in [-0.2, -0.15) is 0 Å². The molecule has 9 heteroatoms. The van der Waals surface area contributed by atoms with Gasteiger partial charge in [0, 0.05) is 54.6 Å². The van der Waals surface area contributed by atoms with Gasteiger partial charge in [-0.05, 0) is 66.8 Å². The lowest BCUT2D eigenvalue weighted by Gasteiger charge is -2.22. The molecule has 1 fully saturated rings. The summed E-state index contributed by atoms with van der Waals surface area (Å²) in [4.78, 5) is 41.7. The summed E-state index contributed by atoms with van der Waals surface area (Å²) in [6, 6.07) is 21.8. The molecule has 1 atom stereocenters. The summed E-state index contributed by atoms with van der Waals surface area (Å²) in [6.45, 7) is 6.13. The third-order valence-corrected chi connectivity index (χ3v) is 7.48. The monoisotopic (exact) mass is 561 g/mol. The van der Waals surface area contributed by atoms with E-state index in [0.29, 0.717) is 47.9 Å². The molecule has 40 heavy (non-hydrogen) atoms. The molecule has 4 rings (SSSR count). The molecule has 0 radical (unpaired) electrons. The SMILES string of the molecule is CC(CNC(=O)c1ccc(CCN2CCCN(C(N)=O)CC2)c(NC(=O)c2cccc(Cl)c2)c1)c1ccccc1. The summed E-state index contributed by atoms with van der Waals surface area (Å²) in [7, 11) is 0. The van der Waals surface area contributed by atoms with E-state index in [4.69, 9.17) is 17.3 Å². The van der Waals surface area contributed by atoms with E-state index in [-0.39, 0.29) is 23.8 Å². The largest absolute Gasteiger partial charge is 0.351 e. The Morgan fingerprint density at radius 1 is 0.900 bits per heavy atom. The fraction of sp³-hybridized carbons (Fsp3) is 0.323. The van der Waals surface area contributed by atoms with Crippen molar-refractivity contribution in [2.75, 3.05) is 44.6 Å². The molecule has 4 amide bonds. The van der Waals surface area contributed by atoms with Crippen molar-refractivity contribution >= 4 is 35.1 Å². The quantitative estimate of drug-likeness (QED) is 0.350. The molecular formula is C31H36ClN5O3. The number of carbonyl (C=O) groups is 3. The van der Waals surface area contributed by atoms with Crippen LogP contribution in [-0.4, -0.2) is 66.9 Å². The van der Waals surface area contributed by atoms with E-state index < -0.39 is 0 Å². The van der Waals surface area contributed by atoms with Crippen LogP contribution < -0.4 is 16.4 Å². The van der Waals surface area contributed by atoms with Crippen molar-refractivity contribution in [2.24, 2.45) is 5.73 Å². The number of carbonyl (C=O) groups excluding carboxylic acids is 3. The smallest absolute Gasteiger partial charge is 0.314 e. The molecule has 3 aromatic carbocycles. The van der Waals surface area contributed by atoms with Crippen LogP contribution in [0.4, 0.5) is 10.5 Å². The predicted octanol–water partition coefficient (Wildman–Crippen LogP) is 4.75. The molecule has 1 saturated heterocycles. The molecule has 0 bridgehead atoms. The molecule has 0 saturated carbocycles. The average Bonchev–Trinajstić information content (AvgIpc) is 3.21. The fourth-order valence-corrected chi connectivity index (χ4v) is 5.01. The Kier molecular flexibility index (Phi) is 10.2. The second-order valence-corrected chi connectivity index (χ2v) is 10.6. The van der Waals surface area contributed by atoms with Crippen molar-refractivity contribution in [2.45, 2.75) is 25.7 Å². The van der Waals surface area contributed by atoms with Gasteiger partial charge in [0.2, 0.25) is 0 Å². The number of hydrogen-bond donors (Lipinski definition) is 3. The number of nitrogens with zero attached hydrogens (tertiary/aromatic N) is 2. The van der Waals surface area contributed by atoms with E-state index in [2.05, 4.69) is 22.5 Å². The Morgan fingerprint density at radius 2 is 1.68 bits per heavy atom. The highest BCUT2D eigenvalue weighted by Gasteiger charge is 2.19. The highest BCUT2D eigenvalue weighted by Crippen LogP contribution is 2.22. The summed E-state index contributed by atoms with van der Waals surface area (Å²) in [5.74, 6) is -0.344. The van der Waals surface area contributed by atoms with E-state index in [9.17, 15) is 14.4 Å². The van der Waals surface area contributed by atoms with E-state index in [0.717, 1.165) is 37.2 Å². The summed E-state index contributed by atoms with van der Waals surface area (Å²) in [6.07, 6.45) is 1.51. The molecule has 0 aromatic heterocycles. The minimum Gasteiger partial charge on any atom is -0.351 e. The molecule has 1 aliphatic heterocycles. The lowest BCUT2D eigenvalue weighted by Crippen LogP contribution is -2.38. The molecule has 0 aliphatic carbocycles. The Hall–Kier alpha value is -3.88. The Morgan fingerprint density at radius 3 is 2.42 bits per heavy atom. The molecule has 4 N–H and O–H groups in total. The third-order valence-electron chi connectivity index (χ3n) is 7.24. The minimum atomic E-state index is -0.389. The van der Waals surface area contributed by atoms with Gasteiger partial charge in [0.1, 0.15) is 0 Å². The third kappa shape index (κ3) is 8.07. The highest BCUT2D eigenvalue weighted by atomic mass is 35.5. The zero-order chi connectivity index (χ0) is 28.5. The number of nitrogens with two attached hydrogens (primary N) is 1. The van der Waals surface area contributed by atoms with Gasteiger partial charge in [-0.25, -0.2) is 4.79 Å². The Labute approximate surface area is 240 Å². The lowest BCUT2D eigenvalue weighted by atomic mass is 10.0. The van der Waals surface area contributed by atoms with E-state index in [1.54, 1.807) is 41.3 Å². The number of urea groups is 1. The maximum atomic E-state index is 13.1. The van der Waals surface area contributed by atoms with Gasteiger partial charge >= 0.3 is 6.03 Å². The molecule has 8 nitrogen and oxygen atoms in total. The van der Waals surface area contributed by atoms with Gasteiger partial charge < -0.3 is 26.2 Å². The van der Waals surface area contributed by atoms with E-state index in [1.807, 2.05) is 36.4 Å². The first-order valence-corrected chi connectivity index (χ1v) is 14.0. The van der Waals surface area contributed by atoms with Crippen molar-refractivity contribution in [1.29, 1.82) is 0 Å². The summed E-state index contributed by atoms with van der Waals surface area (Å²) < 4.78 is 0. The van der Waals surface area contributed by atoms with E-state index in [1.165, 1.54) is 0 Å². The summed E-state index contributed by atoms with van der Waals surface area (Å²) in [5, 5.41) is 6.49. The molecular weight excluding hydrogens is 526 g/mol. The van der Waals surface area contributed by atoms with Crippen LogP contribution in [0.3, 0.4) is 0 Å². The van der Waals surface area contributed by atoms with Gasteiger partial charge in [0.05, 0.1) is 0 Å². The van der Waals surface area contributed by atoms with Gasteiger partial charge in [0.15, 0.2) is 0 Å². The maximum absolute atomic E-state index is 13.1. The number of benzene rings is 3. The summed E-state index contributed by atoms with van der Waals surface area (Å²) in [5.41, 5.74) is 9.02. The Bertz CT molecular complexity index is 1330. The molecule has 210 valence electrons. The number of rotatable bonds is 9. The van der Waals surface area contributed by atoms with Crippen molar-refractivity contribution < 1.29 is 14.4 Å². The van der Waals surface area contributed by atoms with Gasteiger partial charge in [0.25, 0.3) is 11.8 Å². The van der Waals surface area contributed by atoms with Crippen molar-refractivity contribution in [3.8, 4) is 0 Å². The lowest BCUT2D eigenvalue weighted by molar-refractivity contribution is 0.0950. The predicted molar refractivity (Wildman–Crippen MR) is 159 cm³/mol. The fourth-order valence-electron chi connectivity index (χ4n) is 4.82. The van der Waals surface area contributed by atoms with Crippen LogP contribution in [-0.2, 0) is 6.42 Å². The number of anilines is 1. The van der Waals surface area contributed by atoms with Gasteiger partial charge in [-0.15, -0.1) is 0 Å². The maximum Gasteiger partial charge on any atom is 0.314 e. The zero-order valence-electron chi connectivity index (χ0n) is 22.7. The number of amides is 4. The van der Waals surface area contributed by atoms with Gasteiger partial charge in [-0.1, -0.05) is 61.0 Å². The number of hydrogen-bond acceptors (Lipinski definition) is 4. The van der Waals surface area contributed by atoms with Crippen molar-refractivity contribution in [3.63, 3.8) is 0 Å².